The molecule has 0 unspecified atom stereocenters. The Labute approximate surface area is 131 Å². The molecule has 0 N–H and O–H groups in total. The Bertz CT molecular complexity index is 710. The van der Waals surface area contributed by atoms with Crippen LogP contribution in [0.3, 0.4) is 0 Å². The van der Waals surface area contributed by atoms with Crippen molar-refractivity contribution in [1.82, 2.24) is 4.90 Å². The average molecular weight is 322 g/mol. The minimum absolute atomic E-state index is 0.0349. The van der Waals surface area contributed by atoms with E-state index in [4.69, 9.17) is 11.6 Å². The fourth-order valence-electron chi connectivity index (χ4n) is 2.33. The minimum atomic E-state index is -0.457. The van der Waals surface area contributed by atoms with Crippen LogP contribution in [0.1, 0.15) is 16.0 Å². The van der Waals surface area contributed by atoms with Gasteiger partial charge in [-0.15, -0.1) is 11.3 Å². The van der Waals surface area contributed by atoms with Crippen LogP contribution in [0, 0.1) is 5.82 Å². The molecule has 21 heavy (non-hydrogen) atoms. The predicted molar refractivity (Wildman–Crippen MR) is 83.9 cm³/mol. The average Bonchev–Trinajstić information content (AvgIpc) is 2.95. The Kier molecular flexibility index (Phi) is 4.08. The van der Waals surface area contributed by atoms with Crippen molar-refractivity contribution in [1.29, 1.82) is 0 Å². The van der Waals surface area contributed by atoms with Gasteiger partial charge in [-0.05, 0) is 47.2 Å². The molecular formula is C16H13ClFNOS. The molecule has 1 amide bonds. The summed E-state index contributed by atoms with van der Waals surface area (Å²) in [5.74, 6) is -0.492. The highest BCUT2D eigenvalue weighted by Crippen LogP contribution is 2.24. The molecule has 1 aromatic heterocycles. The summed E-state index contributed by atoms with van der Waals surface area (Å²) in [6.45, 7) is 1.40. The number of rotatable bonds is 2. The molecule has 0 atom stereocenters. The summed E-state index contributed by atoms with van der Waals surface area (Å²) in [7, 11) is 0. The number of carbonyl (C=O) groups is 1. The molecule has 0 spiro atoms. The maximum atomic E-state index is 13.1. The lowest BCUT2D eigenvalue weighted by Gasteiger charge is -2.25. The smallest absolute Gasteiger partial charge is 0.246 e. The van der Waals surface area contributed by atoms with E-state index in [-0.39, 0.29) is 10.9 Å². The van der Waals surface area contributed by atoms with Crippen LogP contribution < -0.4 is 0 Å². The zero-order chi connectivity index (χ0) is 14.8. The number of benzene rings is 1. The monoisotopic (exact) mass is 321 g/mol. The largest absolute Gasteiger partial charge is 0.334 e. The second kappa shape index (κ2) is 6.00. The Balaban J connectivity index is 1.69. The summed E-state index contributed by atoms with van der Waals surface area (Å²) in [6, 6.07) is 6.47. The molecule has 1 aromatic carbocycles. The molecule has 108 valence electrons. The standard InChI is InChI=1S/C16H13ClFNOS/c17-13-9-11(1-3-14(13)18)2-4-16(20)19-7-5-15-12(10-19)6-8-21-15/h1-4,6,8-9H,5,7,10H2/b4-2+. The molecule has 5 heteroatoms. The zero-order valence-corrected chi connectivity index (χ0v) is 12.8. The van der Waals surface area contributed by atoms with Crippen LogP contribution in [0.4, 0.5) is 4.39 Å². The van der Waals surface area contributed by atoms with Crippen LogP contribution in [0.2, 0.25) is 5.02 Å². The maximum Gasteiger partial charge on any atom is 0.246 e. The lowest BCUT2D eigenvalue weighted by atomic mass is 10.1. The zero-order valence-electron chi connectivity index (χ0n) is 11.2. The van der Waals surface area contributed by atoms with Crippen LogP contribution in [0.15, 0.2) is 35.7 Å². The quantitative estimate of drug-likeness (QED) is 0.761. The first kappa shape index (κ1) is 14.3. The van der Waals surface area contributed by atoms with Crippen molar-refractivity contribution in [2.24, 2.45) is 0 Å². The van der Waals surface area contributed by atoms with Gasteiger partial charge in [0.05, 0.1) is 5.02 Å². The van der Waals surface area contributed by atoms with Crippen LogP contribution in [-0.4, -0.2) is 17.4 Å². The van der Waals surface area contributed by atoms with Crippen LogP contribution in [0.5, 0.6) is 0 Å². The van der Waals surface area contributed by atoms with Crippen molar-refractivity contribution < 1.29 is 9.18 Å². The highest BCUT2D eigenvalue weighted by atomic mass is 35.5. The van der Waals surface area contributed by atoms with E-state index in [1.54, 1.807) is 23.5 Å². The third kappa shape index (κ3) is 3.17. The van der Waals surface area contributed by atoms with Crippen molar-refractivity contribution in [2.75, 3.05) is 6.54 Å². The van der Waals surface area contributed by atoms with Crippen LogP contribution >= 0.6 is 22.9 Å². The molecule has 2 heterocycles. The first-order valence-electron chi connectivity index (χ1n) is 6.61. The molecule has 0 fully saturated rings. The van der Waals surface area contributed by atoms with Gasteiger partial charge in [0.1, 0.15) is 5.82 Å². The predicted octanol–water partition coefficient (Wildman–Crippen LogP) is 4.14. The van der Waals surface area contributed by atoms with Gasteiger partial charge < -0.3 is 4.90 Å². The molecule has 0 radical (unpaired) electrons. The molecule has 1 aliphatic heterocycles. The molecule has 0 bridgehead atoms. The van der Waals surface area contributed by atoms with Crippen molar-refractivity contribution >= 4 is 34.9 Å². The summed E-state index contributed by atoms with van der Waals surface area (Å²) in [6.07, 6.45) is 4.09. The van der Waals surface area contributed by atoms with Gasteiger partial charge in [-0.2, -0.15) is 0 Å². The van der Waals surface area contributed by atoms with E-state index in [9.17, 15) is 9.18 Å². The van der Waals surface area contributed by atoms with Gasteiger partial charge in [-0.1, -0.05) is 17.7 Å². The molecule has 0 saturated carbocycles. The number of hydrogen-bond donors (Lipinski definition) is 0. The molecule has 2 aromatic rings. The Morgan fingerprint density at radius 2 is 2.24 bits per heavy atom. The van der Waals surface area contributed by atoms with Gasteiger partial charge in [0.2, 0.25) is 5.91 Å². The van der Waals surface area contributed by atoms with Gasteiger partial charge in [0.15, 0.2) is 0 Å². The van der Waals surface area contributed by atoms with Crippen molar-refractivity contribution in [3.05, 3.63) is 62.6 Å². The number of nitrogens with zero attached hydrogens (tertiary/aromatic N) is 1. The normalized spacial score (nSPS) is 14.5. The maximum absolute atomic E-state index is 13.1. The summed E-state index contributed by atoms with van der Waals surface area (Å²) in [4.78, 5) is 15.4. The second-order valence-electron chi connectivity index (χ2n) is 4.89. The van der Waals surface area contributed by atoms with Crippen LogP contribution in [0.25, 0.3) is 6.08 Å². The number of carbonyl (C=O) groups excluding carboxylic acids is 1. The second-order valence-corrected chi connectivity index (χ2v) is 6.29. The Morgan fingerprint density at radius 1 is 1.38 bits per heavy atom. The fraction of sp³-hybridized carbons (Fsp3) is 0.188. The van der Waals surface area contributed by atoms with Gasteiger partial charge in [-0.25, -0.2) is 4.39 Å². The van der Waals surface area contributed by atoms with E-state index >= 15 is 0 Å². The minimum Gasteiger partial charge on any atom is -0.334 e. The van der Waals surface area contributed by atoms with Crippen molar-refractivity contribution in [3.8, 4) is 0 Å². The fourth-order valence-corrected chi connectivity index (χ4v) is 3.40. The van der Waals surface area contributed by atoms with E-state index in [0.29, 0.717) is 12.1 Å². The number of fused-ring (bicyclic) bond motifs is 1. The van der Waals surface area contributed by atoms with E-state index in [0.717, 1.165) is 13.0 Å². The molecule has 0 saturated heterocycles. The first-order valence-corrected chi connectivity index (χ1v) is 7.86. The van der Waals surface area contributed by atoms with E-state index in [2.05, 4.69) is 11.4 Å². The molecule has 3 rings (SSSR count). The van der Waals surface area contributed by atoms with Gasteiger partial charge in [0, 0.05) is 24.0 Å². The number of halogens is 2. The molecule has 2 nitrogen and oxygen atoms in total. The number of hydrogen-bond acceptors (Lipinski definition) is 2. The van der Waals surface area contributed by atoms with E-state index < -0.39 is 5.82 Å². The van der Waals surface area contributed by atoms with E-state index in [1.807, 2.05) is 4.90 Å². The van der Waals surface area contributed by atoms with Gasteiger partial charge in [-0.3, -0.25) is 4.79 Å². The number of thiophene rings is 1. The molecule has 1 aliphatic rings. The first-order chi connectivity index (χ1) is 10.1. The Hall–Kier alpha value is -1.65. The number of amides is 1. The summed E-state index contributed by atoms with van der Waals surface area (Å²) in [5, 5.41) is 2.13. The molecular weight excluding hydrogens is 309 g/mol. The summed E-state index contributed by atoms with van der Waals surface area (Å²) >= 11 is 7.46. The third-order valence-electron chi connectivity index (χ3n) is 3.48. The molecule has 0 aliphatic carbocycles. The highest BCUT2D eigenvalue weighted by molar-refractivity contribution is 7.10. The Morgan fingerprint density at radius 3 is 3.05 bits per heavy atom. The van der Waals surface area contributed by atoms with Crippen molar-refractivity contribution in [2.45, 2.75) is 13.0 Å². The topological polar surface area (TPSA) is 20.3 Å². The van der Waals surface area contributed by atoms with E-state index in [1.165, 1.54) is 28.6 Å². The van der Waals surface area contributed by atoms with Crippen molar-refractivity contribution in [3.63, 3.8) is 0 Å². The highest BCUT2D eigenvalue weighted by Gasteiger charge is 2.19. The third-order valence-corrected chi connectivity index (χ3v) is 4.79. The lowest BCUT2D eigenvalue weighted by Crippen LogP contribution is -2.34. The van der Waals surface area contributed by atoms with Crippen LogP contribution in [-0.2, 0) is 17.8 Å². The lowest BCUT2D eigenvalue weighted by molar-refractivity contribution is -0.126. The van der Waals surface area contributed by atoms with Gasteiger partial charge in [0.25, 0.3) is 0 Å². The summed E-state index contributed by atoms with van der Waals surface area (Å²) in [5.41, 5.74) is 1.95. The van der Waals surface area contributed by atoms with Gasteiger partial charge >= 0.3 is 0 Å². The summed E-state index contributed by atoms with van der Waals surface area (Å²) < 4.78 is 13.1. The SMILES string of the molecule is O=C(/C=C/c1ccc(F)c(Cl)c1)N1CCc2sccc2C1.